The number of rotatable bonds is 7. The van der Waals surface area contributed by atoms with E-state index in [4.69, 9.17) is 4.74 Å². The molecule has 0 aliphatic carbocycles. The molecule has 1 aliphatic heterocycles. The van der Waals surface area contributed by atoms with E-state index < -0.39 is 0 Å². The highest BCUT2D eigenvalue weighted by Gasteiger charge is 2.22. The smallest absolute Gasteiger partial charge is 0.191 e. The Hall–Kier alpha value is -1.91. The van der Waals surface area contributed by atoms with Gasteiger partial charge in [-0.3, -0.25) is 0 Å². The van der Waals surface area contributed by atoms with Crippen LogP contribution in [0.15, 0.2) is 23.2 Å². The van der Waals surface area contributed by atoms with E-state index in [2.05, 4.69) is 32.6 Å². The monoisotopic (exact) mass is 516 g/mol. The van der Waals surface area contributed by atoms with Crippen molar-refractivity contribution in [2.24, 2.45) is 4.99 Å². The van der Waals surface area contributed by atoms with Gasteiger partial charge in [-0.2, -0.15) is 5.10 Å². The van der Waals surface area contributed by atoms with Crippen LogP contribution in [0.1, 0.15) is 44.4 Å². The van der Waals surface area contributed by atoms with Gasteiger partial charge in [0, 0.05) is 25.4 Å². The topological polar surface area (TPSA) is 76.4 Å². The summed E-state index contributed by atoms with van der Waals surface area (Å²) in [6.07, 6.45) is 2.72. The number of nitrogens with zero attached hydrogens (tertiary/aromatic N) is 4. The van der Waals surface area contributed by atoms with Gasteiger partial charge < -0.3 is 15.4 Å². The minimum atomic E-state index is -0.356. The molecule has 160 valence electrons. The summed E-state index contributed by atoms with van der Waals surface area (Å²) < 4.78 is 21.3. The fraction of sp³-hybridized carbons (Fsp3) is 0.550. The quantitative estimate of drug-likeness (QED) is 0.336. The molecule has 2 N–H and O–H groups in total. The molecule has 0 fully saturated rings. The molecule has 0 radical (unpaired) electrons. The number of aromatic nitrogens is 3. The Morgan fingerprint density at radius 2 is 2.17 bits per heavy atom. The first-order valence-corrected chi connectivity index (χ1v) is 10.0. The third-order valence-corrected chi connectivity index (χ3v) is 4.62. The minimum absolute atomic E-state index is 0. The van der Waals surface area contributed by atoms with Crippen molar-refractivity contribution < 1.29 is 9.13 Å². The molecule has 7 nitrogen and oxygen atoms in total. The minimum Gasteiger partial charge on any atom is -0.491 e. The highest BCUT2D eigenvalue weighted by molar-refractivity contribution is 14.0. The fourth-order valence-corrected chi connectivity index (χ4v) is 3.23. The lowest BCUT2D eigenvalue weighted by Gasteiger charge is -2.25. The summed E-state index contributed by atoms with van der Waals surface area (Å²) in [5.41, 5.74) is 0.799. The molecule has 0 saturated carbocycles. The molecule has 1 unspecified atom stereocenters. The molecule has 3 rings (SSSR count). The molecule has 0 amide bonds. The lowest BCUT2D eigenvalue weighted by atomic mass is 10.1. The molecule has 1 aromatic heterocycles. The number of benzene rings is 1. The van der Waals surface area contributed by atoms with E-state index in [0.717, 1.165) is 55.5 Å². The summed E-state index contributed by atoms with van der Waals surface area (Å²) in [7, 11) is 0. The van der Waals surface area contributed by atoms with Crippen LogP contribution < -0.4 is 15.4 Å². The van der Waals surface area contributed by atoms with Gasteiger partial charge in [-0.15, -0.1) is 24.0 Å². The van der Waals surface area contributed by atoms with E-state index in [1.807, 2.05) is 24.6 Å². The van der Waals surface area contributed by atoms with Crippen molar-refractivity contribution in [1.29, 1.82) is 0 Å². The number of halogens is 2. The molecule has 2 aromatic rings. The molecule has 1 atom stereocenters. The van der Waals surface area contributed by atoms with Crippen LogP contribution in [-0.2, 0) is 25.9 Å². The Bertz CT molecular complexity index is 825. The normalized spacial score (nSPS) is 16.0. The van der Waals surface area contributed by atoms with Gasteiger partial charge in [0.15, 0.2) is 23.4 Å². The van der Waals surface area contributed by atoms with E-state index >= 15 is 0 Å². The number of nitrogens with one attached hydrogen (secondary N) is 2. The fourth-order valence-electron chi connectivity index (χ4n) is 3.23. The molecule has 0 spiro atoms. The maximum atomic E-state index is 14.0. The highest BCUT2D eigenvalue weighted by Crippen LogP contribution is 2.19. The second-order valence-corrected chi connectivity index (χ2v) is 6.75. The van der Waals surface area contributed by atoms with Gasteiger partial charge in [0.1, 0.15) is 5.82 Å². The Morgan fingerprint density at radius 1 is 1.34 bits per heavy atom. The third-order valence-electron chi connectivity index (χ3n) is 4.62. The predicted molar refractivity (Wildman–Crippen MR) is 122 cm³/mol. The molecule has 1 aromatic carbocycles. The van der Waals surface area contributed by atoms with Crippen LogP contribution in [0.2, 0.25) is 0 Å². The summed E-state index contributed by atoms with van der Waals surface area (Å²) in [5, 5.41) is 11.3. The first-order chi connectivity index (χ1) is 13.6. The predicted octanol–water partition coefficient (Wildman–Crippen LogP) is 3.07. The molecular formula is C20H30FIN6O. The van der Waals surface area contributed by atoms with Crippen LogP contribution in [0.5, 0.6) is 5.75 Å². The average Bonchev–Trinajstić information content (AvgIpc) is 3.11. The van der Waals surface area contributed by atoms with Gasteiger partial charge in [-0.25, -0.2) is 19.0 Å². The molecule has 29 heavy (non-hydrogen) atoms. The van der Waals surface area contributed by atoms with Crippen LogP contribution in [0.25, 0.3) is 0 Å². The molecule has 0 bridgehead atoms. The Balaban J connectivity index is 0.00000300. The van der Waals surface area contributed by atoms with Crippen molar-refractivity contribution in [3.63, 3.8) is 0 Å². The zero-order valence-electron chi connectivity index (χ0n) is 17.2. The maximum Gasteiger partial charge on any atom is 0.191 e. The van der Waals surface area contributed by atoms with Crippen LogP contribution in [0.3, 0.4) is 0 Å². The van der Waals surface area contributed by atoms with Crippen molar-refractivity contribution >= 4 is 29.9 Å². The van der Waals surface area contributed by atoms with Crippen molar-refractivity contribution in [2.75, 3.05) is 13.2 Å². The van der Waals surface area contributed by atoms with Crippen molar-refractivity contribution in [2.45, 2.75) is 59.2 Å². The zero-order valence-corrected chi connectivity index (χ0v) is 19.6. The van der Waals surface area contributed by atoms with Gasteiger partial charge in [0.25, 0.3) is 0 Å². The van der Waals surface area contributed by atoms with E-state index in [-0.39, 0.29) is 41.6 Å². The van der Waals surface area contributed by atoms with Crippen molar-refractivity contribution in [3.05, 3.63) is 41.2 Å². The van der Waals surface area contributed by atoms with Crippen molar-refractivity contribution in [1.82, 2.24) is 25.4 Å². The number of hydrogen-bond acceptors (Lipinski definition) is 4. The third kappa shape index (κ3) is 6.28. The van der Waals surface area contributed by atoms with Gasteiger partial charge in [0.2, 0.25) is 0 Å². The lowest BCUT2D eigenvalue weighted by molar-refractivity contribution is 0.321. The number of aliphatic imine (C=N–C) groups is 1. The highest BCUT2D eigenvalue weighted by atomic mass is 127. The SMILES string of the molecule is CCNC(=NCc1ccc(OCC)c(F)c1)NC1CCc2nc(CC)nn2C1.I. The molecular weight excluding hydrogens is 486 g/mol. The van der Waals surface area contributed by atoms with Gasteiger partial charge >= 0.3 is 0 Å². The van der Waals surface area contributed by atoms with Crippen LogP contribution in [0.4, 0.5) is 4.39 Å². The number of aryl methyl sites for hydroxylation is 2. The second kappa shape index (κ2) is 11.3. The summed E-state index contributed by atoms with van der Waals surface area (Å²) in [5.74, 6) is 2.60. The van der Waals surface area contributed by atoms with E-state index in [1.165, 1.54) is 6.07 Å². The van der Waals surface area contributed by atoms with Gasteiger partial charge in [-0.05, 0) is 38.0 Å². The van der Waals surface area contributed by atoms with Crippen LogP contribution >= 0.6 is 24.0 Å². The standard InChI is InChI=1S/C20H29FN6O.HI/c1-4-18-25-19-10-8-15(13-27(19)26-18)24-20(22-5-2)23-12-14-7-9-17(28-6-3)16(21)11-14;/h7,9,11,15H,4-6,8,10,12-13H2,1-3H3,(H2,22,23,24);1H. The summed E-state index contributed by atoms with van der Waals surface area (Å²) in [4.78, 5) is 9.17. The molecule has 1 aliphatic rings. The van der Waals surface area contributed by atoms with Crippen molar-refractivity contribution in [3.8, 4) is 5.75 Å². The van der Waals surface area contributed by atoms with Gasteiger partial charge in [-0.1, -0.05) is 13.0 Å². The summed E-state index contributed by atoms with van der Waals surface area (Å²) >= 11 is 0. The molecule has 0 saturated heterocycles. The second-order valence-electron chi connectivity index (χ2n) is 6.75. The summed E-state index contributed by atoms with van der Waals surface area (Å²) in [6, 6.07) is 5.21. The van der Waals surface area contributed by atoms with Crippen LogP contribution in [-0.4, -0.2) is 39.9 Å². The average molecular weight is 516 g/mol. The van der Waals surface area contributed by atoms with E-state index in [0.29, 0.717) is 13.2 Å². The van der Waals surface area contributed by atoms with Crippen LogP contribution in [0, 0.1) is 5.82 Å². The lowest BCUT2D eigenvalue weighted by Crippen LogP contribution is -2.47. The number of hydrogen-bond donors (Lipinski definition) is 2. The first-order valence-electron chi connectivity index (χ1n) is 10.0. The Morgan fingerprint density at radius 3 is 2.86 bits per heavy atom. The maximum absolute atomic E-state index is 14.0. The van der Waals surface area contributed by atoms with Gasteiger partial charge in [0.05, 0.1) is 19.7 Å². The number of fused-ring (bicyclic) bond motifs is 1. The zero-order chi connectivity index (χ0) is 19.9. The number of ether oxygens (including phenoxy) is 1. The molecule has 9 heteroatoms. The first kappa shape index (κ1) is 23.4. The summed E-state index contributed by atoms with van der Waals surface area (Å²) in [6.45, 7) is 8.28. The van der Waals surface area contributed by atoms with E-state index in [1.54, 1.807) is 6.07 Å². The number of guanidine groups is 1. The van der Waals surface area contributed by atoms with E-state index in [9.17, 15) is 4.39 Å². The largest absolute Gasteiger partial charge is 0.491 e. The Labute approximate surface area is 188 Å². The molecule has 2 heterocycles. The Kier molecular flexibility index (Phi) is 9.12.